The lowest BCUT2D eigenvalue weighted by Gasteiger charge is -2.08. The summed E-state index contributed by atoms with van der Waals surface area (Å²) in [6.07, 6.45) is 0. The van der Waals surface area contributed by atoms with Gasteiger partial charge in [-0.15, -0.1) is 0 Å². The number of nitrogens with one attached hydrogen (secondary N) is 1. The topological polar surface area (TPSA) is 72.2 Å². The standard InChI is InChI=1S/C10H9ClN2O2S2/c11-9-5-7(12)1-2-10(9)17(14,15)13-8-3-4-16-6-8/h1-6,13H,12H2. The Morgan fingerprint density at radius 3 is 2.65 bits per heavy atom. The van der Waals surface area contributed by atoms with Crippen molar-refractivity contribution >= 4 is 44.3 Å². The van der Waals surface area contributed by atoms with Crippen LogP contribution in [0.15, 0.2) is 39.9 Å². The summed E-state index contributed by atoms with van der Waals surface area (Å²) in [4.78, 5) is 0.0135. The number of nitrogen functional groups attached to an aromatic ring is 1. The van der Waals surface area contributed by atoms with Crippen molar-refractivity contribution in [3.63, 3.8) is 0 Å². The highest BCUT2D eigenvalue weighted by molar-refractivity contribution is 7.92. The van der Waals surface area contributed by atoms with Crippen molar-refractivity contribution in [1.82, 2.24) is 0 Å². The number of anilines is 2. The molecule has 0 aliphatic carbocycles. The Kier molecular flexibility index (Phi) is 3.28. The zero-order chi connectivity index (χ0) is 12.5. The van der Waals surface area contributed by atoms with Crippen molar-refractivity contribution in [1.29, 1.82) is 0 Å². The Labute approximate surface area is 108 Å². The molecule has 7 heteroatoms. The Morgan fingerprint density at radius 2 is 2.06 bits per heavy atom. The number of halogens is 1. The summed E-state index contributed by atoms with van der Waals surface area (Å²) in [5, 5.41) is 3.58. The summed E-state index contributed by atoms with van der Waals surface area (Å²) in [6.45, 7) is 0. The summed E-state index contributed by atoms with van der Waals surface area (Å²) in [5.41, 5.74) is 6.45. The summed E-state index contributed by atoms with van der Waals surface area (Å²) >= 11 is 7.26. The molecular weight excluding hydrogens is 280 g/mol. The average Bonchev–Trinajstić information content (AvgIpc) is 2.68. The number of benzene rings is 1. The second-order valence-electron chi connectivity index (χ2n) is 3.31. The first-order valence-electron chi connectivity index (χ1n) is 4.59. The van der Waals surface area contributed by atoms with Crippen LogP contribution in [0.1, 0.15) is 0 Å². The highest BCUT2D eigenvalue weighted by Crippen LogP contribution is 2.26. The smallest absolute Gasteiger partial charge is 0.263 e. The second kappa shape index (κ2) is 4.56. The molecule has 0 radical (unpaired) electrons. The SMILES string of the molecule is Nc1ccc(S(=O)(=O)Nc2ccsc2)c(Cl)c1. The molecule has 0 atom stereocenters. The van der Waals surface area contributed by atoms with Crippen molar-refractivity contribution in [2.75, 3.05) is 10.5 Å². The van der Waals surface area contributed by atoms with Gasteiger partial charge in [-0.1, -0.05) is 11.6 Å². The molecule has 90 valence electrons. The number of sulfonamides is 1. The maximum absolute atomic E-state index is 12.0. The molecule has 0 aliphatic rings. The minimum absolute atomic E-state index is 0.0135. The van der Waals surface area contributed by atoms with Gasteiger partial charge in [0.2, 0.25) is 0 Å². The van der Waals surface area contributed by atoms with Crippen LogP contribution >= 0.6 is 22.9 Å². The molecule has 0 spiro atoms. The fraction of sp³-hybridized carbons (Fsp3) is 0. The molecule has 0 saturated heterocycles. The van der Waals surface area contributed by atoms with E-state index in [0.717, 1.165) is 0 Å². The van der Waals surface area contributed by atoms with Gasteiger partial charge in [-0.05, 0) is 29.6 Å². The third-order valence-electron chi connectivity index (χ3n) is 2.02. The zero-order valence-electron chi connectivity index (χ0n) is 8.55. The van der Waals surface area contributed by atoms with Crippen LogP contribution in [0.3, 0.4) is 0 Å². The predicted octanol–water partition coefficient (Wildman–Crippen LogP) is 2.78. The molecule has 4 nitrogen and oxygen atoms in total. The van der Waals surface area contributed by atoms with Gasteiger partial charge in [-0.3, -0.25) is 4.72 Å². The monoisotopic (exact) mass is 288 g/mol. The van der Waals surface area contributed by atoms with E-state index in [1.54, 1.807) is 16.8 Å². The van der Waals surface area contributed by atoms with E-state index in [-0.39, 0.29) is 9.92 Å². The van der Waals surface area contributed by atoms with Gasteiger partial charge in [-0.2, -0.15) is 11.3 Å². The first kappa shape index (κ1) is 12.2. The number of hydrogen-bond donors (Lipinski definition) is 2. The summed E-state index contributed by atoms with van der Waals surface area (Å²) in [7, 11) is -3.66. The summed E-state index contributed by atoms with van der Waals surface area (Å²) in [6, 6.07) is 5.96. The largest absolute Gasteiger partial charge is 0.399 e. The fourth-order valence-electron chi connectivity index (χ4n) is 1.27. The molecule has 0 amide bonds. The summed E-state index contributed by atoms with van der Waals surface area (Å²) < 4.78 is 26.4. The third kappa shape index (κ3) is 2.71. The van der Waals surface area contributed by atoms with Gasteiger partial charge in [-0.25, -0.2) is 8.42 Å². The van der Waals surface area contributed by atoms with Crippen molar-refractivity contribution < 1.29 is 8.42 Å². The van der Waals surface area contributed by atoms with E-state index in [1.165, 1.54) is 29.5 Å². The first-order chi connectivity index (χ1) is 7.99. The molecule has 1 aromatic carbocycles. The van der Waals surface area contributed by atoms with Crippen LogP contribution in [0.25, 0.3) is 0 Å². The lowest BCUT2D eigenvalue weighted by atomic mass is 10.3. The van der Waals surface area contributed by atoms with Crippen molar-refractivity contribution in [2.24, 2.45) is 0 Å². The number of hydrogen-bond acceptors (Lipinski definition) is 4. The number of rotatable bonds is 3. The lowest BCUT2D eigenvalue weighted by Crippen LogP contribution is -2.13. The van der Waals surface area contributed by atoms with Crippen LogP contribution in [-0.2, 0) is 10.0 Å². The fourth-order valence-corrected chi connectivity index (χ4v) is 3.53. The quantitative estimate of drug-likeness (QED) is 0.853. The highest BCUT2D eigenvalue weighted by Gasteiger charge is 2.18. The van der Waals surface area contributed by atoms with Crippen LogP contribution in [0.2, 0.25) is 5.02 Å². The van der Waals surface area contributed by atoms with Crippen molar-refractivity contribution in [3.05, 3.63) is 40.0 Å². The van der Waals surface area contributed by atoms with Gasteiger partial charge < -0.3 is 5.73 Å². The maximum atomic E-state index is 12.0. The van der Waals surface area contributed by atoms with Crippen molar-refractivity contribution in [3.8, 4) is 0 Å². The van der Waals surface area contributed by atoms with Crippen molar-refractivity contribution in [2.45, 2.75) is 4.90 Å². The summed E-state index contributed by atoms with van der Waals surface area (Å²) in [5.74, 6) is 0. The maximum Gasteiger partial charge on any atom is 0.263 e. The zero-order valence-corrected chi connectivity index (χ0v) is 10.9. The minimum atomic E-state index is -3.66. The van der Waals surface area contributed by atoms with Gasteiger partial charge in [0.25, 0.3) is 10.0 Å². The van der Waals surface area contributed by atoms with Crippen LogP contribution in [-0.4, -0.2) is 8.42 Å². The third-order valence-corrected chi connectivity index (χ3v) is 4.57. The average molecular weight is 289 g/mol. The molecular formula is C10H9ClN2O2S2. The Balaban J connectivity index is 2.38. The molecule has 0 fully saturated rings. The molecule has 0 unspecified atom stereocenters. The van der Waals surface area contributed by atoms with Crippen LogP contribution < -0.4 is 10.5 Å². The number of thiophene rings is 1. The van der Waals surface area contributed by atoms with E-state index in [9.17, 15) is 8.42 Å². The Hall–Kier alpha value is -1.24. The van der Waals surface area contributed by atoms with E-state index in [1.807, 2.05) is 0 Å². The molecule has 0 aliphatic heterocycles. The van der Waals surface area contributed by atoms with E-state index < -0.39 is 10.0 Å². The van der Waals surface area contributed by atoms with E-state index in [2.05, 4.69) is 4.72 Å². The normalized spacial score (nSPS) is 11.4. The molecule has 0 bridgehead atoms. The van der Waals surface area contributed by atoms with Gasteiger partial charge >= 0.3 is 0 Å². The second-order valence-corrected chi connectivity index (χ2v) is 6.15. The highest BCUT2D eigenvalue weighted by atomic mass is 35.5. The lowest BCUT2D eigenvalue weighted by molar-refractivity contribution is 0.601. The molecule has 17 heavy (non-hydrogen) atoms. The van der Waals surface area contributed by atoms with Gasteiger partial charge in [0.15, 0.2) is 0 Å². The van der Waals surface area contributed by atoms with Crippen LogP contribution in [0, 0.1) is 0 Å². The predicted molar refractivity (Wildman–Crippen MR) is 71.0 cm³/mol. The molecule has 3 N–H and O–H groups in total. The van der Waals surface area contributed by atoms with Crippen LogP contribution in [0.4, 0.5) is 11.4 Å². The van der Waals surface area contributed by atoms with E-state index in [0.29, 0.717) is 11.4 Å². The first-order valence-corrected chi connectivity index (χ1v) is 7.39. The Bertz CT molecular complexity index is 624. The minimum Gasteiger partial charge on any atom is -0.399 e. The number of nitrogens with two attached hydrogens (primary N) is 1. The van der Waals surface area contributed by atoms with Crippen LogP contribution in [0.5, 0.6) is 0 Å². The Morgan fingerprint density at radius 1 is 1.29 bits per heavy atom. The molecule has 0 saturated carbocycles. The molecule has 1 aromatic heterocycles. The van der Waals surface area contributed by atoms with Gasteiger partial charge in [0.05, 0.1) is 10.7 Å². The van der Waals surface area contributed by atoms with Gasteiger partial charge in [0, 0.05) is 11.1 Å². The molecule has 1 heterocycles. The van der Waals surface area contributed by atoms with E-state index in [4.69, 9.17) is 17.3 Å². The molecule has 2 aromatic rings. The molecule has 2 rings (SSSR count). The van der Waals surface area contributed by atoms with Gasteiger partial charge in [0.1, 0.15) is 4.90 Å². The van der Waals surface area contributed by atoms with E-state index >= 15 is 0 Å².